The van der Waals surface area contributed by atoms with Crippen molar-refractivity contribution in [1.29, 1.82) is 0 Å². The first-order valence-electron chi connectivity index (χ1n) is 8.21. The van der Waals surface area contributed by atoms with Gasteiger partial charge in [0.1, 0.15) is 0 Å². The van der Waals surface area contributed by atoms with Crippen LogP contribution in [0.3, 0.4) is 0 Å². The number of nitrogens with zero attached hydrogens (tertiary/aromatic N) is 1. The first kappa shape index (κ1) is 17.0. The highest BCUT2D eigenvalue weighted by atomic mass is 19.4. The number of likely N-dealkylation sites (N-methyl/N-ethyl adjacent to an activating group) is 1. The SMILES string of the molecule is CN1C(=O)C(c2cccc(C(F)(F)F)c2)=C(CN)C12CCCCC2. The molecule has 1 amide bonds. The van der Waals surface area contributed by atoms with Crippen LogP contribution in [-0.4, -0.2) is 29.9 Å². The second-order valence-corrected chi connectivity index (χ2v) is 6.59. The Morgan fingerprint density at radius 1 is 1.21 bits per heavy atom. The molecule has 1 aliphatic heterocycles. The van der Waals surface area contributed by atoms with Gasteiger partial charge >= 0.3 is 6.18 Å². The van der Waals surface area contributed by atoms with Gasteiger partial charge in [0.05, 0.1) is 11.1 Å². The van der Waals surface area contributed by atoms with E-state index in [2.05, 4.69) is 0 Å². The van der Waals surface area contributed by atoms with Gasteiger partial charge < -0.3 is 10.6 Å². The van der Waals surface area contributed by atoms with E-state index < -0.39 is 17.3 Å². The molecule has 1 heterocycles. The molecule has 3 rings (SSSR count). The average molecular weight is 338 g/mol. The molecule has 1 aromatic carbocycles. The molecule has 1 spiro atoms. The van der Waals surface area contributed by atoms with Gasteiger partial charge in [-0.3, -0.25) is 4.79 Å². The zero-order valence-corrected chi connectivity index (χ0v) is 13.6. The van der Waals surface area contributed by atoms with Crippen molar-refractivity contribution >= 4 is 11.5 Å². The Kier molecular flexibility index (Phi) is 4.20. The number of carbonyl (C=O) groups is 1. The van der Waals surface area contributed by atoms with Crippen LogP contribution in [0.4, 0.5) is 13.2 Å². The molecule has 0 radical (unpaired) electrons. The fourth-order valence-corrected chi connectivity index (χ4v) is 4.14. The molecule has 0 bridgehead atoms. The van der Waals surface area contributed by atoms with Gasteiger partial charge in [-0.15, -0.1) is 0 Å². The van der Waals surface area contributed by atoms with Crippen LogP contribution < -0.4 is 5.73 Å². The average Bonchev–Trinajstić information content (AvgIpc) is 2.76. The van der Waals surface area contributed by atoms with Crippen LogP contribution in [0.1, 0.15) is 43.2 Å². The van der Waals surface area contributed by atoms with Crippen LogP contribution >= 0.6 is 0 Å². The van der Waals surface area contributed by atoms with E-state index in [-0.39, 0.29) is 12.5 Å². The van der Waals surface area contributed by atoms with Crippen LogP contribution in [0.2, 0.25) is 0 Å². The van der Waals surface area contributed by atoms with E-state index in [1.54, 1.807) is 18.0 Å². The van der Waals surface area contributed by atoms with Crippen molar-refractivity contribution in [1.82, 2.24) is 4.90 Å². The molecule has 2 aliphatic rings. The second kappa shape index (κ2) is 5.92. The summed E-state index contributed by atoms with van der Waals surface area (Å²) in [7, 11) is 1.74. The van der Waals surface area contributed by atoms with Crippen molar-refractivity contribution in [2.75, 3.05) is 13.6 Å². The van der Waals surface area contributed by atoms with Crippen molar-refractivity contribution in [3.63, 3.8) is 0 Å². The molecule has 6 heteroatoms. The second-order valence-electron chi connectivity index (χ2n) is 6.59. The zero-order chi connectivity index (χ0) is 17.5. The Labute approximate surface area is 139 Å². The fourth-order valence-electron chi connectivity index (χ4n) is 4.14. The Hall–Kier alpha value is -1.82. The molecular weight excluding hydrogens is 317 g/mol. The Morgan fingerprint density at radius 2 is 1.88 bits per heavy atom. The number of nitrogens with two attached hydrogens (primary N) is 1. The van der Waals surface area contributed by atoms with Crippen LogP contribution in [0.25, 0.3) is 5.57 Å². The van der Waals surface area contributed by atoms with Crippen LogP contribution in [-0.2, 0) is 11.0 Å². The molecule has 24 heavy (non-hydrogen) atoms. The predicted molar refractivity (Wildman–Crippen MR) is 86.0 cm³/mol. The van der Waals surface area contributed by atoms with Gasteiger partial charge in [0, 0.05) is 19.2 Å². The van der Waals surface area contributed by atoms with E-state index in [0.717, 1.165) is 49.8 Å². The maximum atomic E-state index is 13.0. The van der Waals surface area contributed by atoms with Gasteiger partial charge in [-0.25, -0.2) is 0 Å². The monoisotopic (exact) mass is 338 g/mol. The highest BCUT2D eigenvalue weighted by Gasteiger charge is 2.49. The molecule has 2 N–H and O–H groups in total. The van der Waals surface area contributed by atoms with E-state index in [4.69, 9.17) is 5.73 Å². The molecule has 1 saturated carbocycles. The van der Waals surface area contributed by atoms with Crippen LogP contribution in [0.15, 0.2) is 29.8 Å². The third-order valence-electron chi connectivity index (χ3n) is 5.39. The summed E-state index contributed by atoms with van der Waals surface area (Å²) in [6, 6.07) is 4.98. The maximum Gasteiger partial charge on any atom is 0.416 e. The summed E-state index contributed by atoms with van der Waals surface area (Å²) >= 11 is 0. The molecule has 0 atom stereocenters. The summed E-state index contributed by atoms with van der Waals surface area (Å²) in [6.45, 7) is 0.182. The molecule has 1 aromatic rings. The Morgan fingerprint density at radius 3 is 2.46 bits per heavy atom. The number of alkyl halides is 3. The molecule has 130 valence electrons. The minimum absolute atomic E-state index is 0.182. The quantitative estimate of drug-likeness (QED) is 0.896. The Balaban J connectivity index is 2.14. The van der Waals surface area contributed by atoms with Gasteiger partial charge in [0.25, 0.3) is 5.91 Å². The summed E-state index contributed by atoms with van der Waals surface area (Å²) in [6.07, 6.45) is 0.318. The minimum Gasteiger partial charge on any atom is -0.332 e. The number of benzene rings is 1. The highest BCUT2D eigenvalue weighted by molar-refractivity contribution is 6.23. The summed E-state index contributed by atoms with van der Waals surface area (Å²) in [5.74, 6) is -0.225. The van der Waals surface area contributed by atoms with E-state index >= 15 is 0 Å². The number of rotatable bonds is 2. The first-order valence-corrected chi connectivity index (χ1v) is 8.21. The van der Waals surface area contributed by atoms with Gasteiger partial charge in [0.15, 0.2) is 0 Å². The number of hydrogen-bond acceptors (Lipinski definition) is 2. The maximum absolute atomic E-state index is 13.0. The number of amides is 1. The summed E-state index contributed by atoms with van der Waals surface area (Å²) < 4.78 is 39.1. The van der Waals surface area contributed by atoms with Gasteiger partial charge in [-0.2, -0.15) is 13.2 Å². The van der Waals surface area contributed by atoms with E-state index in [9.17, 15) is 18.0 Å². The van der Waals surface area contributed by atoms with Crippen molar-refractivity contribution in [3.05, 3.63) is 41.0 Å². The fraction of sp³-hybridized carbons (Fsp3) is 0.500. The largest absolute Gasteiger partial charge is 0.416 e. The molecule has 0 saturated heterocycles. The van der Waals surface area contributed by atoms with Crippen molar-refractivity contribution < 1.29 is 18.0 Å². The normalized spacial score (nSPS) is 21.0. The molecule has 1 fully saturated rings. The van der Waals surface area contributed by atoms with Crippen molar-refractivity contribution in [3.8, 4) is 0 Å². The van der Waals surface area contributed by atoms with Crippen LogP contribution in [0.5, 0.6) is 0 Å². The molecular formula is C18H21F3N2O. The van der Waals surface area contributed by atoms with Gasteiger partial charge in [-0.05, 0) is 36.1 Å². The van der Waals surface area contributed by atoms with E-state index in [0.29, 0.717) is 11.1 Å². The van der Waals surface area contributed by atoms with Crippen molar-refractivity contribution in [2.24, 2.45) is 5.73 Å². The highest BCUT2D eigenvalue weighted by Crippen LogP contribution is 2.47. The molecule has 3 nitrogen and oxygen atoms in total. The first-order chi connectivity index (χ1) is 11.3. The lowest BCUT2D eigenvalue weighted by Gasteiger charge is -2.41. The minimum atomic E-state index is -4.43. The Bertz CT molecular complexity index is 688. The van der Waals surface area contributed by atoms with Crippen molar-refractivity contribution in [2.45, 2.75) is 43.8 Å². The number of halogens is 3. The molecule has 1 aliphatic carbocycles. The topological polar surface area (TPSA) is 46.3 Å². The van der Waals surface area contributed by atoms with E-state index in [1.807, 2.05) is 0 Å². The van der Waals surface area contributed by atoms with Gasteiger partial charge in [0.2, 0.25) is 0 Å². The third-order valence-corrected chi connectivity index (χ3v) is 5.39. The number of carbonyl (C=O) groups excluding carboxylic acids is 1. The number of hydrogen-bond donors (Lipinski definition) is 1. The van der Waals surface area contributed by atoms with Crippen LogP contribution in [0, 0.1) is 0 Å². The lowest BCUT2D eigenvalue weighted by atomic mass is 9.75. The van der Waals surface area contributed by atoms with E-state index in [1.165, 1.54) is 6.07 Å². The summed E-state index contributed by atoms with van der Waals surface area (Å²) in [5.41, 5.74) is 6.24. The lowest BCUT2D eigenvalue weighted by Crippen LogP contribution is -2.48. The summed E-state index contributed by atoms with van der Waals surface area (Å²) in [4.78, 5) is 14.5. The predicted octanol–water partition coefficient (Wildman–Crippen LogP) is 3.59. The molecule has 0 unspecified atom stereocenters. The third kappa shape index (κ3) is 2.53. The van der Waals surface area contributed by atoms with Gasteiger partial charge in [-0.1, -0.05) is 31.4 Å². The lowest BCUT2D eigenvalue weighted by molar-refractivity contribution is -0.137. The standard InChI is InChI=1S/C18H21F3N2O/c1-23-16(24)15(12-6-5-7-13(10-12)18(19,20)21)14(11-22)17(23)8-3-2-4-9-17/h5-7,10H,2-4,8-9,11,22H2,1H3. The smallest absolute Gasteiger partial charge is 0.332 e. The summed E-state index contributed by atoms with van der Waals surface area (Å²) in [5, 5.41) is 0. The molecule has 0 aromatic heterocycles. The zero-order valence-electron chi connectivity index (χ0n) is 13.6.